The van der Waals surface area contributed by atoms with E-state index in [1.165, 1.54) is 0 Å². The van der Waals surface area contributed by atoms with Crippen LogP contribution in [0, 0.1) is 0 Å². The molecule has 80 valence electrons. The molecule has 2 N–H and O–H groups in total. The highest BCUT2D eigenvalue weighted by molar-refractivity contribution is 8.93. The van der Waals surface area contributed by atoms with Crippen LogP contribution in [0.1, 0.15) is 5.56 Å². The molecule has 0 radical (unpaired) electrons. The van der Waals surface area contributed by atoms with Crippen molar-refractivity contribution in [2.45, 2.75) is 0 Å². The second-order valence-electron chi connectivity index (χ2n) is 2.92. The van der Waals surface area contributed by atoms with E-state index >= 15 is 0 Å². The third-order valence-corrected chi connectivity index (χ3v) is 3.01. The Kier molecular flexibility index (Phi) is 4.70. The molecule has 0 atom stereocenters. The molecule has 1 heterocycles. The fraction of sp³-hybridized carbons (Fsp3) is 0.100. The molecule has 5 heteroatoms. The Labute approximate surface area is 108 Å². The third kappa shape index (κ3) is 3.26. The van der Waals surface area contributed by atoms with Crippen molar-refractivity contribution in [3.8, 4) is 0 Å². The average molecular weight is 306 g/mol. The van der Waals surface area contributed by atoms with Crippen molar-refractivity contribution < 1.29 is 0 Å². The van der Waals surface area contributed by atoms with Gasteiger partial charge in [0.1, 0.15) is 0 Å². The molecule has 0 saturated carbocycles. The van der Waals surface area contributed by atoms with E-state index in [0.29, 0.717) is 5.17 Å². The van der Waals surface area contributed by atoms with Gasteiger partial charge >= 0.3 is 0 Å². The highest BCUT2D eigenvalue weighted by Gasteiger charge is 2.07. The predicted octanol–water partition coefficient (Wildman–Crippen LogP) is 3.32. The summed E-state index contributed by atoms with van der Waals surface area (Å²) in [6.07, 6.45) is 1.80. The van der Waals surface area contributed by atoms with E-state index in [4.69, 9.17) is 17.3 Å². The van der Waals surface area contributed by atoms with Crippen molar-refractivity contribution in [1.29, 1.82) is 0 Å². The fourth-order valence-corrected chi connectivity index (χ4v) is 2.08. The topological polar surface area (TPSA) is 38.4 Å². The summed E-state index contributed by atoms with van der Waals surface area (Å²) < 4.78 is 0. The summed E-state index contributed by atoms with van der Waals surface area (Å²) in [5, 5.41) is 1.37. The maximum Gasteiger partial charge on any atom is 0.158 e. The molecule has 0 bridgehead atoms. The van der Waals surface area contributed by atoms with Crippen molar-refractivity contribution >= 4 is 51.1 Å². The van der Waals surface area contributed by atoms with E-state index in [9.17, 15) is 0 Å². The first-order valence-corrected chi connectivity index (χ1v) is 5.53. The zero-order valence-electron chi connectivity index (χ0n) is 7.81. The van der Waals surface area contributed by atoms with Gasteiger partial charge in [0.05, 0.1) is 0 Å². The quantitative estimate of drug-likeness (QED) is 0.864. The van der Waals surface area contributed by atoms with Crippen molar-refractivity contribution in [2.24, 2.45) is 10.7 Å². The molecular weight excluding hydrogens is 296 g/mol. The van der Waals surface area contributed by atoms with E-state index in [-0.39, 0.29) is 17.0 Å². The average Bonchev–Trinajstić information content (AvgIpc) is 2.19. The van der Waals surface area contributed by atoms with Gasteiger partial charge in [-0.1, -0.05) is 35.5 Å². The largest absolute Gasteiger partial charge is 0.378 e. The first kappa shape index (κ1) is 12.6. The van der Waals surface area contributed by atoms with E-state index in [1.807, 2.05) is 24.3 Å². The molecule has 1 aromatic rings. The minimum Gasteiger partial charge on any atom is -0.378 e. The van der Waals surface area contributed by atoms with Gasteiger partial charge in [-0.15, -0.1) is 17.0 Å². The first-order chi connectivity index (χ1) is 6.75. The third-order valence-electron chi connectivity index (χ3n) is 1.92. The molecule has 2 nitrogen and oxygen atoms in total. The van der Waals surface area contributed by atoms with Crippen LogP contribution in [0.15, 0.2) is 35.5 Å². The van der Waals surface area contributed by atoms with Crippen LogP contribution in [0.2, 0.25) is 5.02 Å². The Hall–Kier alpha value is -0.450. The van der Waals surface area contributed by atoms with Gasteiger partial charge in [-0.2, -0.15) is 0 Å². The molecule has 0 aliphatic carbocycles. The Morgan fingerprint density at radius 2 is 2.20 bits per heavy atom. The molecule has 2 rings (SSSR count). The van der Waals surface area contributed by atoms with E-state index < -0.39 is 0 Å². The molecule has 0 unspecified atom stereocenters. The lowest BCUT2D eigenvalue weighted by Crippen LogP contribution is -2.10. The Morgan fingerprint density at radius 1 is 1.40 bits per heavy atom. The standard InChI is InChI=1S/C10H9ClN2S.BrH/c11-9-3-1-2-7(4-9)8-5-13-10(12)14-6-8;/h1-5H,6H2,(H2,12,13);1H. The molecule has 1 aromatic carbocycles. The van der Waals surface area contributed by atoms with E-state index in [2.05, 4.69) is 4.99 Å². The van der Waals surface area contributed by atoms with Gasteiger partial charge in [-0.05, 0) is 23.3 Å². The number of nitrogens with zero attached hydrogens (tertiary/aromatic N) is 1. The van der Waals surface area contributed by atoms with Crippen LogP contribution in [0.5, 0.6) is 0 Å². The monoisotopic (exact) mass is 304 g/mol. The van der Waals surface area contributed by atoms with Crippen LogP contribution < -0.4 is 5.73 Å². The van der Waals surface area contributed by atoms with Crippen LogP contribution in [-0.4, -0.2) is 10.9 Å². The van der Waals surface area contributed by atoms with Gasteiger partial charge in [0.15, 0.2) is 5.17 Å². The number of nitrogens with two attached hydrogens (primary N) is 1. The Bertz CT molecular complexity index is 418. The predicted molar refractivity (Wildman–Crippen MR) is 73.8 cm³/mol. The molecule has 0 fully saturated rings. The summed E-state index contributed by atoms with van der Waals surface area (Å²) >= 11 is 7.44. The number of hydrogen-bond acceptors (Lipinski definition) is 3. The van der Waals surface area contributed by atoms with E-state index in [1.54, 1.807) is 18.0 Å². The lowest BCUT2D eigenvalue weighted by atomic mass is 10.1. The van der Waals surface area contributed by atoms with Crippen LogP contribution in [0.4, 0.5) is 0 Å². The molecule has 1 aliphatic rings. The van der Waals surface area contributed by atoms with Crippen molar-refractivity contribution in [1.82, 2.24) is 0 Å². The summed E-state index contributed by atoms with van der Waals surface area (Å²) in [6, 6.07) is 7.75. The summed E-state index contributed by atoms with van der Waals surface area (Å²) in [4.78, 5) is 4.07. The van der Waals surface area contributed by atoms with Gasteiger partial charge in [-0.25, -0.2) is 4.99 Å². The highest BCUT2D eigenvalue weighted by Crippen LogP contribution is 2.25. The molecule has 0 aromatic heterocycles. The first-order valence-electron chi connectivity index (χ1n) is 4.17. The minimum atomic E-state index is 0. The summed E-state index contributed by atoms with van der Waals surface area (Å²) in [5.74, 6) is 0.857. The van der Waals surface area contributed by atoms with Crippen LogP contribution in [0.25, 0.3) is 5.57 Å². The second kappa shape index (κ2) is 5.58. The molecule has 0 spiro atoms. The van der Waals surface area contributed by atoms with Gasteiger partial charge in [0.25, 0.3) is 0 Å². The van der Waals surface area contributed by atoms with Gasteiger partial charge in [0.2, 0.25) is 0 Å². The molecule has 0 saturated heterocycles. The molecule has 0 amide bonds. The van der Waals surface area contributed by atoms with Crippen LogP contribution >= 0.6 is 40.3 Å². The molecular formula is C10H10BrClN2S. The Balaban J connectivity index is 0.00000112. The zero-order chi connectivity index (χ0) is 9.97. The SMILES string of the molecule is Br.NC1=NC=C(c2cccc(Cl)c2)CS1. The maximum atomic E-state index is 5.90. The lowest BCUT2D eigenvalue weighted by Gasteiger charge is -2.10. The minimum absolute atomic E-state index is 0. The number of rotatable bonds is 1. The Morgan fingerprint density at radius 3 is 2.80 bits per heavy atom. The number of hydrogen-bond donors (Lipinski definition) is 1. The van der Waals surface area contributed by atoms with Crippen LogP contribution in [-0.2, 0) is 0 Å². The maximum absolute atomic E-state index is 5.90. The number of benzene rings is 1. The normalized spacial score (nSPS) is 15.0. The number of aliphatic imine (C=N–C) groups is 1. The summed E-state index contributed by atoms with van der Waals surface area (Å²) in [6.45, 7) is 0. The lowest BCUT2D eigenvalue weighted by molar-refractivity contribution is 1.47. The summed E-state index contributed by atoms with van der Waals surface area (Å²) in [7, 11) is 0. The molecule has 15 heavy (non-hydrogen) atoms. The van der Waals surface area contributed by atoms with Crippen molar-refractivity contribution in [3.05, 3.63) is 41.1 Å². The van der Waals surface area contributed by atoms with Crippen LogP contribution in [0.3, 0.4) is 0 Å². The van der Waals surface area contributed by atoms with E-state index in [0.717, 1.165) is 21.9 Å². The number of thioether (sulfide) groups is 1. The fourth-order valence-electron chi connectivity index (χ4n) is 1.21. The smallest absolute Gasteiger partial charge is 0.158 e. The second-order valence-corrected chi connectivity index (χ2v) is 4.35. The van der Waals surface area contributed by atoms with Gasteiger partial charge < -0.3 is 5.73 Å². The summed E-state index contributed by atoms with van der Waals surface area (Å²) in [5.41, 5.74) is 7.82. The van der Waals surface area contributed by atoms with Gasteiger partial charge in [-0.3, -0.25) is 0 Å². The van der Waals surface area contributed by atoms with Crippen molar-refractivity contribution in [2.75, 3.05) is 5.75 Å². The number of amidine groups is 1. The number of halogens is 2. The van der Waals surface area contributed by atoms with Gasteiger partial charge in [0, 0.05) is 17.0 Å². The van der Waals surface area contributed by atoms with Crippen molar-refractivity contribution in [3.63, 3.8) is 0 Å². The zero-order valence-corrected chi connectivity index (χ0v) is 11.1. The molecule has 1 aliphatic heterocycles. The highest BCUT2D eigenvalue weighted by atomic mass is 79.9.